The number of ketones is 1. The molecule has 118 valence electrons. The van der Waals surface area contributed by atoms with Crippen molar-refractivity contribution < 1.29 is 4.79 Å². The highest BCUT2D eigenvalue weighted by Crippen LogP contribution is 2.56. The molecule has 4 nitrogen and oxygen atoms in total. The zero-order valence-electron chi connectivity index (χ0n) is 13.1. The van der Waals surface area contributed by atoms with Crippen molar-refractivity contribution in [3.05, 3.63) is 52.4 Å². The van der Waals surface area contributed by atoms with Crippen LogP contribution in [0.1, 0.15) is 35.8 Å². The van der Waals surface area contributed by atoms with E-state index in [0.717, 1.165) is 21.8 Å². The number of aromatic amines is 1. The van der Waals surface area contributed by atoms with Crippen LogP contribution >= 0.6 is 15.9 Å². The Kier molecular flexibility index (Phi) is 3.23. The highest BCUT2D eigenvalue weighted by atomic mass is 79.9. The van der Waals surface area contributed by atoms with Crippen LogP contribution in [0.25, 0.3) is 10.9 Å². The van der Waals surface area contributed by atoms with E-state index < -0.39 is 0 Å². The Balaban J connectivity index is 1.63. The lowest BCUT2D eigenvalue weighted by molar-refractivity contribution is 0.0963. The second kappa shape index (κ2) is 5.06. The maximum Gasteiger partial charge on any atom is 0.179 e. The third-order valence-corrected chi connectivity index (χ3v) is 5.59. The van der Waals surface area contributed by atoms with Gasteiger partial charge in [-0.1, -0.05) is 22.9 Å². The molecule has 0 saturated heterocycles. The van der Waals surface area contributed by atoms with E-state index in [4.69, 9.17) is 0 Å². The van der Waals surface area contributed by atoms with Crippen molar-refractivity contribution in [3.8, 4) is 0 Å². The van der Waals surface area contributed by atoms with E-state index in [1.54, 1.807) is 0 Å². The van der Waals surface area contributed by atoms with Gasteiger partial charge in [-0.05, 0) is 42.2 Å². The van der Waals surface area contributed by atoms with E-state index in [1.165, 1.54) is 5.56 Å². The molecule has 0 bridgehead atoms. The molecule has 1 saturated carbocycles. The highest BCUT2D eigenvalue weighted by Gasteiger charge is 2.54. The van der Waals surface area contributed by atoms with Crippen molar-refractivity contribution >= 4 is 32.6 Å². The maximum absolute atomic E-state index is 12.8. The number of carbonyl (C=O) groups excluding carboxylic acids is 1. The minimum atomic E-state index is -0.0385. The number of halogens is 1. The van der Waals surface area contributed by atoms with Crippen molar-refractivity contribution in [3.63, 3.8) is 0 Å². The van der Waals surface area contributed by atoms with Crippen molar-refractivity contribution in [1.29, 1.82) is 0 Å². The number of benzene rings is 1. The van der Waals surface area contributed by atoms with Gasteiger partial charge >= 0.3 is 0 Å². The molecule has 1 aliphatic carbocycles. The summed E-state index contributed by atoms with van der Waals surface area (Å²) in [5, 5.41) is 5.33. The fraction of sp³-hybridized carbons (Fsp3) is 0.333. The number of aromatic nitrogens is 3. The number of Topliss-reactive ketones (excluding diaryl/α,β-unsaturated/α-hetero) is 1. The van der Waals surface area contributed by atoms with Crippen LogP contribution in [0.15, 0.2) is 41.1 Å². The lowest BCUT2D eigenvalue weighted by Gasteiger charge is -2.13. The molecular weight excluding hydrogens is 354 g/mol. The molecule has 0 amide bonds. The average molecular weight is 372 g/mol. The summed E-state index contributed by atoms with van der Waals surface area (Å²) >= 11 is 3.47. The lowest BCUT2D eigenvalue weighted by Crippen LogP contribution is -2.15. The monoisotopic (exact) mass is 371 g/mol. The molecule has 0 spiro atoms. The Bertz CT molecular complexity index is 910. The normalized spacial score (nSPS) is 23.3. The summed E-state index contributed by atoms with van der Waals surface area (Å²) in [6.45, 7) is 2.21. The zero-order valence-corrected chi connectivity index (χ0v) is 14.7. The largest absolute Gasteiger partial charge is 0.352 e. The highest BCUT2D eigenvalue weighted by molar-refractivity contribution is 9.10. The van der Waals surface area contributed by atoms with Crippen LogP contribution in [-0.2, 0) is 12.5 Å². The number of hydrogen-bond acceptors (Lipinski definition) is 2. The fourth-order valence-corrected chi connectivity index (χ4v) is 3.93. The Morgan fingerprint density at radius 3 is 2.91 bits per heavy atom. The predicted octanol–water partition coefficient (Wildman–Crippen LogP) is 4.21. The molecule has 1 N–H and O–H groups in total. The van der Waals surface area contributed by atoms with Crippen LogP contribution in [0.5, 0.6) is 0 Å². The van der Waals surface area contributed by atoms with Gasteiger partial charge < -0.3 is 4.98 Å². The molecule has 2 aromatic heterocycles. The van der Waals surface area contributed by atoms with Gasteiger partial charge in [0.25, 0.3) is 0 Å². The van der Waals surface area contributed by atoms with E-state index in [-0.39, 0.29) is 11.2 Å². The van der Waals surface area contributed by atoms with Crippen LogP contribution in [0.2, 0.25) is 0 Å². The Hall–Kier alpha value is -1.88. The van der Waals surface area contributed by atoms with Crippen molar-refractivity contribution in [2.45, 2.75) is 25.2 Å². The Morgan fingerprint density at radius 2 is 2.26 bits per heavy atom. The Labute approximate surface area is 143 Å². The molecule has 0 unspecified atom stereocenters. The molecule has 1 fully saturated rings. The predicted molar refractivity (Wildman–Crippen MR) is 93.6 cm³/mol. The summed E-state index contributed by atoms with van der Waals surface area (Å²) < 4.78 is 2.83. The summed E-state index contributed by atoms with van der Waals surface area (Å²) in [6.07, 6.45) is 5.53. The third kappa shape index (κ3) is 2.43. The van der Waals surface area contributed by atoms with Gasteiger partial charge in [-0.3, -0.25) is 9.48 Å². The molecule has 1 aromatic carbocycles. The van der Waals surface area contributed by atoms with Gasteiger partial charge in [-0.25, -0.2) is 0 Å². The minimum absolute atomic E-state index is 0.0385. The zero-order chi connectivity index (χ0) is 16.2. The first kappa shape index (κ1) is 14.7. The Morgan fingerprint density at radius 1 is 1.48 bits per heavy atom. The molecule has 2 heterocycles. The fourth-order valence-electron chi connectivity index (χ4n) is 3.55. The number of aryl methyl sites for hydroxylation is 1. The number of carbonyl (C=O) groups is 1. The molecule has 2 atom stereocenters. The second-order valence-electron chi connectivity index (χ2n) is 6.68. The van der Waals surface area contributed by atoms with E-state index in [0.29, 0.717) is 18.0 Å². The van der Waals surface area contributed by atoms with Gasteiger partial charge in [0.2, 0.25) is 0 Å². The number of H-pyrrole nitrogens is 1. The first-order chi connectivity index (χ1) is 11.0. The quantitative estimate of drug-likeness (QED) is 0.698. The smallest absolute Gasteiger partial charge is 0.179 e. The molecular formula is C18H18BrN3O. The number of nitrogens with zero attached hydrogens (tertiary/aromatic N) is 2. The molecule has 4 rings (SSSR count). The van der Waals surface area contributed by atoms with Gasteiger partial charge in [-0.2, -0.15) is 5.10 Å². The van der Waals surface area contributed by atoms with E-state index in [1.807, 2.05) is 48.4 Å². The minimum Gasteiger partial charge on any atom is -0.352 e. The standard InChI is InChI=1S/C18H18BrN3O/c1-11-7-18(11,13-9-20-22(2)10-13)8-17(23)16-6-12-5-14(19)3-4-15(12)21-16/h3-6,9-11,21H,7-8H2,1-2H3/t11-,18-/m1/s1. The van der Waals surface area contributed by atoms with Crippen molar-refractivity contribution in [2.75, 3.05) is 0 Å². The first-order valence-corrected chi connectivity index (χ1v) is 8.58. The van der Waals surface area contributed by atoms with E-state index in [2.05, 4.69) is 32.9 Å². The van der Waals surface area contributed by atoms with Crippen LogP contribution < -0.4 is 0 Å². The summed E-state index contributed by atoms with van der Waals surface area (Å²) in [6, 6.07) is 7.95. The summed E-state index contributed by atoms with van der Waals surface area (Å²) in [5.41, 5.74) is 2.83. The second-order valence-corrected chi connectivity index (χ2v) is 7.59. The van der Waals surface area contributed by atoms with Crippen molar-refractivity contribution in [1.82, 2.24) is 14.8 Å². The topological polar surface area (TPSA) is 50.7 Å². The van der Waals surface area contributed by atoms with Crippen LogP contribution in [0.3, 0.4) is 0 Å². The molecule has 3 aromatic rings. The molecule has 5 heteroatoms. The number of rotatable bonds is 4. The number of fused-ring (bicyclic) bond motifs is 1. The molecule has 0 radical (unpaired) electrons. The van der Waals surface area contributed by atoms with Crippen LogP contribution in [0.4, 0.5) is 0 Å². The molecule has 0 aliphatic heterocycles. The number of nitrogens with one attached hydrogen (secondary N) is 1. The SMILES string of the molecule is C[C@@H]1C[C@]1(CC(=O)c1cc2cc(Br)ccc2[nH]1)c1cnn(C)c1. The summed E-state index contributed by atoms with van der Waals surface area (Å²) in [4.78, 5) is 16.1. The maximum atomic E-state index is 12.8. The molecule has 1 aliphatic rings. The molecule has 23 heavy (non-hydrogen) atoms. The van der Waals surface area contributed by atoms with E-state index in [9.17, 15) is 4.79 Å². The lowest BCUT2D eigenvalue weighted by atomic mass is 9.90. The van der Waals surface area contributed by atoms with Gasteiger partial charge in [0, 0.05) is 40.5 Å². The number of hydrogen-bond donors (Lipinski definition) is 1. The summed E-state index contributed by atoms with van der Waals surface area (Å²) in [7, 11) is 1.92. The van der Waals surface area contributed by atoms with Gasteiger partial charge in [0.1, 0.15) is 0 Å². The van der Waals surface area contributed by atoms with Gasteiger partial charge in [-0.15, -0.1) is 0 Å². The van der Waals surface area contributed by atoms with Crippen molar-refractivity contribution in [2.24, 2.45) is 13.0 Å². The first-order valence-electron chi connectivity index (χ1n) is 7.78. The van der Waals surface area contributed by atoms with E-state index >= 15 is 0 Å². The van der Waals surface area contributed by atoms with Crippen LogP contribution in [-0.4, -0.2) is 20.5 Å². The van der Waals surface area contributed by atoms with Crippen LogP contribution in [0, 0.1) is 5.92 Å². The summed E-state index contributed by atoms with van der Waals surface area (Å²) in [5.74, 6) is 0.694. The average Bonchev–Trinajstić information content (AvgIpc) is 2.90. The third-order valence-electron chi connectivity index (χ3n) is 5.09. The van der Waals surface area contributed by atoms with Gasteiger partial charge in [0.15, 0.2) is 5.78 Å². The van der Waals surface area contributed by atoms with Gasteiger partial charge in [0.05, 0.1) is 11.9 Å².